The maximum atomic E-state index is 14.1. The van der Waals surface area contributed by atoms with Crippen molar-refractivity contribution in [3.8, 4) is 16.2 Å². The van der Waals surface area contributed by atoms with E-state index in [2.05, 4.69) is 57.7 Å². The van der Waals surface area contributed by atoms with Gasteiger partial charge in [0, 0.05) is 78.2 Å². The number of hydrogen-bond acceptors (Lipinski definition) is 13. The van der Waals surface area contributed by atoms with Crippen molar-refractivity contribution in [1.29, 1.82) is 0 Å². The minimum atomic E-state index is -4.61. The van der Waals surface area contributed by atoms with Gasteiger partial charge in [-0.3, -0.25) is 24.2 Å². The second-order valence-corrected chi connectivity index (χ2v) is 19.9. The number of amidine groups is 1. The van der Waals surface area contributed by atoms with Crippen LogP contribution in [0.15, 0.2) is 59.1 Å². The van der Waals surface area contributed by atoms with Crippen LogP contribution in [0.4, 0.5) is 13.2 Å². The standard InChI is InChI=1S/C47H60F3N11O5S/c1-30-41(67-29-52-30)34-7-5-31(6-8-34)26-51-43(64)37-25-35(62)27-60(37)44(65)42(46(2,3)4)53-40(63)28-58-21-19-57(20-22-58)23-24-66-36-11-9-32(10-12-36)33-15-17-59(18-16-33)39-14-13-38-54-55-45(47(48,49)50)61(38)56-39/h5-12,29,33,35,37,42,62H,13-28H2,1-4H3,(H,51,64)(H,53,63)/t35-,37-,42+/m0/s1. The van der Waals surface area contributed by atoms with Gasteiger partial charge in [0.25, 0.3) is 5.82 Å². The normalized spacial score (nSPS) is 20.3. The SMILES string of the molecule is Cc1ncsc1-c1ccc(CNC(=O)[C@@H]2C[C@H](O)CN2C(=O)[C@@H](NC(=O)CN2CCN(CCOc3ccc(C4CCN(C5=Nn6c(nnc6C(F)(F)F)CC5)CC4)cc3)CC2)C(C)(C)C)cc1. The first kappa shape index (κ1) is 48.0. The Balaban J connectivity index is 0.745. The number of amides is 3. The number of hydrogen-bond donors (Lipinski definition) is 3. The van der Waals surface area contributed by atoms with Gasteiger partial charge in [0.15, 0.2) is 5.82 Å². The maximum Gasteiger partial charge on any atom is 0.453 e. The lowest BCUT2D eigenvalue weighted by Crippen LogP contribution is -2.59. The van der Waals surface area contributed by atoms with Crippen LogP contribution in [-0.2, 0) is 33.5 Å². The van der Waals surface area contributed by atoms with Gasteiger partial charge in [0.05, 0.1) is 28.7 Å². The van der Waals surface area contributed by atoms with E-state index >= 15 is 0 Å². The molecule has 0 spiro atoms. The highest BCUT2D eigenvalue weighted by Crippen LogP contribution is 2.33. The summed E-state index contributed by atoms with van der Waals surface area (Å²) in [5.74, 6) is -0.126. The number of nitrogens with one attached hydrogen (secondary N) is 2. The number of benzene rings is 2. The second kappa shape index (κ2) is 20.4. The minimum Gasteiger partial charge on any atom is -0.492 e. The van der Waals surface area contributed by atoms with E-state index in [4.69, 9.17) is 4.74 Å². The van der Waals surface area contributed by atoms with Gasteiger partial charge >= 0.3 is 6.18 Å². The number of aromatic nitrogens is 4. The number of aliphatic hydroxyl groups is 1. The van der Waals surface area contributed by atoms with E-state index in [1.165, 1.54) is 10.5 Å². The van der Waals surface area contributed by atoms with E-state index in [0.717, 1.165) is 64.6 Å². The molecule has 0 bridgehead atoms. The first-order valence-corrected chi connectivity index (χ1v) is 23.9. The Labute approximate surface area is 392 Å². The van der Waals surface area contributed by atoms with Gasteiger partial charge in [-0.05, 0) is 59.9 Å². The number of carbonyl (C=O) groups is 3. The third-order valence-corrected chi connectivity index (χ3v) is 14.2. The summed E-state index contributed by atoms with van der Waals surface area (Å²) in [5, 5.41) is 27.8. The van der Waals surface area contributed by atoms with E-state index in [1.807, 2.05) is 69.6 Å². The molecule has 3 saturated heterocycles. The molecule has 20 heteroatoms. The molecule has 3 fully saturated rings. The average Bonchev–Trinajstić information content (AvgIpc) is 4.06. The molecule has 8 rings (SSSR count). The monoisotopic (exact) mass is 947 g/mol. The Hall–Kier alpha value is -5.44. The lowest BCUT2D eigenvalue weighted by molar-refractivity contribution is -0.147. The average molecular weight is 948 g/mol. The number of thiazole rings is 1. The molecule has 16 nitrogen and oxygen atoms in total. The predicted molar refractivity (Wildman–Crippen MR) is 246 cm³/mol. The molecular formula is C47H60F3N11O5S. The highest BCUT2D eigenvalue weighted by atomic mass is 32.1. The number of β-amino-alcohol motifs (C(OH)–C–C–N with tert-alkyl or cyclic N) is 1. The van der Waals surface area contributed by atoms with Gasteiger partial charge < -0.3 is 30.3 Å². The summed E-state index contributed by atoms with van der Waals surface area (Å²) in [7, 11) is 0. The molecule has 4 aliphatic heterocycles. The van der Waals surface area contributed by atoms with Crippen LogP contribution in [0.3, 0.4) is 0 Å². The fraction of sp³-hybridized carbons (Fsp3) is 0.553. The van der Waals surface area contributed by atoms with Crippen molar-refractivity contribution in [2.75, 3.05) is 65.5 Å². The van der Waals surface area contributed by atoms with E-state index in [1.54, 1.807) is 11.3 Å². The van der Waals surface area contributed by atoms with Crippen molar-refractivity contribution in [2.45, 2.75) is 96.6 Å². The minimum absolute atomic E-state index is 0.00750. The van der Waals surface area contributed by atoms with Gasteiger partial charge in [-0.2, -0.15) is 22.9 Å². The van der Waals surface area contributed by atoms with Crippen molar-refractivity contribution in [3.05, 3.63) is 82.5 Å². The molecule has 0 unspecified atom stereocenters. The van der Waals surface area contributed by atoms with Crippen molar-refractivity contribution < 1.29 is 37.4 Å². The van der Waals surface area contributed by atoms with Gasteiger partial charge in [-0.25, -0.2) is 4.98 Å². The van der Waals surface area contributed by atoms with Crippen LogP contribution in [0.5, 0.6) is 5.75 Å². The summed E-state index contributed by atoms with van der Waals surface area (Å²) in [6.45, 7) is 13.5. The third-order valence-electron chi connectivity index (χ3n) is 13.2. The Morgan fingerprint density at radius 2 is 1.63 bits per heavy atom. The molecule has 2 aromatic heterocycles. The zero-order valence-corrected chi connectivity index (χ0v) is 39.3. The lowest BCUT2D eigenvalue weighted by Gasteiger charge is -2.37. The number of nitrogens with zero attached hydrogens (tertiary/aromatic N) is 9. The number of piperidine rings is 1. The molecule has 3 amide bonds. The van der Waals surface area contributed by atoms with Gasteiger partial charge in [0.1, 0.15) is 30.3 Å². The Bertz CT molecular complexity index is 2390. The fourth-order valence-corrected chi connectivity index (χ4v) is 10.1. The number of ether oxygens (including phenoxy) is 1. The summed E-state index contributed by atoms with van der Waals surface area (Å²) in [4.78, 5) is 54.4. The molecule has 2 aromatic carbocycles. The molecule has 67 heavy (non-hydrogen) atoms. The number of aryl methyl sites for hydroxylation is 2. The number of piperazine rings is 1. The molecule has 3 atom stereocenters. The topological polar surface area (TPSA) is 174 Å². The van der Waals surface area contributed by atoms with Gasteiger partial charge in [0.2, 0.25) is 17.7 Å². The predicted octanol–water partition coefficient (Wildman–Crippen LogP) is 4.52. The lowest BCUT2D eigenvalue weighted by atomic mass is 9.85. The zero-order valence-electron chi connectivity index (χ0n) is 38.5. The molecule has 6 heterocycles. The summed E-state index contributed by atoms with van der Waals surface area (Å²) < 4.78 is 47.1. The van der Waals surface area contributed by atoms with Crippen LogP contribution in [0.1, 0.15) is 80.8 Å². The van der Waals surface area contributed by atoms with E-state index in [0.29, 0.717) is 57.4 Å². The molecule has 3 N–H and O–H groups in total. The van der Waals surface area contributed by atoms with Crippen LogP contribution >= 0.6 is 11.3 Å². The quantitative estimate of drug-likeness (QED) is 0.172. The zero-order chi connectivity index (χ0) is 47.5. The first-order valence-electron chi connectivity index (χ1n) is 23.1. The molecule has 0 radical (unpaired) electrons. The number of fused-ring (bicyclic) bond motifs is 1. The number of alkyl halides is 3. The van der Waals surface area contributed by atoms with E-state index in [9.17, 15) is 32.7 Å². The number of rotatable bonds is 13. The van der Waals surface area contributed by atoms with Crippen molar-refractivity contribution in [2.24, 2.45) is 10.5 Å². The second-order valence-electron chi connectivity index (χ2n) is 19.0. The fourth-order valence-electron chi connectivity index (χ4n) is 9.32. The Kier molecular flexibility index (Phi) is 14.6. The maximum absolute atomic E-state index is 14.1. The highest BCUT2D eigenvalue weighted by molar-refractivity contribution is 7.13. The van der Waals surface area contributed by atoms with Gasteiger partial charge in [-0.15, -0.1) is 21.5 Å². The molecule has 0 aliphatic carbocycles. The van der Waals surface area contributed by atoms with Crippen LogP contribution in [0.2, 0.25) is 0 Å². The molecule has 0 saturated carbocycles. The molecular weight excluding hydrogens is 888 g/mol. The summed E-state index contributed by atoms with van der Waals surface area (Å²) in [6.07, 6.45) is -2.73. The largest absolute Gasteiger partial charge is 0.492 e. The number of halogens is 3. The smallest absolute Gasteiger partial charge is 0.453 e. The van der Waals surface area contributed by atoms with Crippen LogP contribution < -0.4 is 15.4 Å². The number of likely N-dealkylation sites (tertiary alicyclic amines) is 2. The van der Waals surface area contributed by atoms with Gasteiger partial charge in [-0.1, -0.05) is 57.2 Å². The Morgan fingerprint density at radius 1 is 0.925 bits per heavy atom. The van der Waals surface area contributed by atoms with Crippen molar-refractivity contribution in [3.63, 3.8) is 0 Å². The molecule has 360 valence electrons. The third kappa shape index (κ3) is 11.6. The van der Waals surface area contributed by atoms with Crippen molar-refractivity contribution >= 4 is 34.9 Å². The highest BCUT2D eigenvalue weighted by Gasteiger charge is 2.45. The number of aliphatic hydroxyl groups excluding tert-OH is 1. The number of carbonyl (C=O) groups excluding carboxylic acids is 3. The first-order chi connectivity index (χ1) is 32.0. The van der Waals surface area contributed by atoms with Crippen LogP contribution in [0, 0.1) is 12.3 Å². The van der Waals surface area contributed by atoms with Crippen LogP contribution in [-0.4, -0.2) is 152 Å². The van der Waals surface area contributed by atoms with Crippen molar-refractivity contribution in [1.82, 2.24) is 50.1 Å². The molecule has 4 aliphatic rings. The Morgan fingerprint density at radius 3 is 2.28 bits per heavy atom. The summed E-state index contributed by atoms with van der Waals surface area (Å²) >= 11 is 1.58. The summed E-state index contributed by atoms with van der Waals surface area (Å²) in [6, 6.07) is 14.3. The van der Waals surface area contributed by atoms with Crippen LogP contribution in [0.25, 0.3) is 10.4 Å². The van der Waals surface area contributed by atoms with E-state index < -0.39 is 41.5 Å². The van der Waals surface area contributed by atoms with E-state index in [-0.39, 0.29) is 43.7 Å². The molecule has 4 aromatic rings. The summed E-state index contributed by atoms with van der Waals surface area (Å²) in [5.41, 5.74) is 5.28.